The van der Waals surface area contributed by atoms with Crippen LogP contribution in [0.25, 0.3) is 0 Å². The summed E-state index contributed by atoms with van der Waals surface area (Å²) in [4.78, 5) is 0. The average molecular weight is 208 g/mol. The van der Waals surface area contributed by atoms with Gasteiger partial charge in [0.25, 0.3) is 0 Å². The number of hydrogen-bond acceptors (Lipinski definition) is 3. The third-order valence-corrected chi connectivity index (χ3v) is 1.97. The van der Waals surface area contributed by atoms with Crippen molar-refractivity contribution in [3.63, 3.8) is 0 Å². The Morgan fingerprint density at radius 3 is 2.67 bits per heavy atom. The van der Waals surface area contributed by atoms with E-state index in [1.165, 1.54) is 0 Å². The molecule has 4 heteroatoms. The summed E-state index contributed by atoms with van der Waals surface area (Å²) in [5.41, 5.74) is 5.33. The van der Waals surface area contributed by atoms with Crippen LogP contribution < -0.4 is 10.5 Å². The van der Waals surface area contributed by atoms with Crippen molar-refractivity contribution >= 4 is 5.84 Å². The van der Waals surface area contributed by atoms with E-state index in [0.29, 0.717) is 13.0 Å². The minimum Gasteiger partial charge on any atom is -0.494 e. The van der Waals surface area contributed by atoms with E-state index in [0.717, 1.165) is 18.6 Å². The second-order valence-corrected chi connectivity index (χ2v) is 3.21. The van der Waals surface area contributed by atoms with Gasteiger partial charge in [-0.25, -0.2) is 0 Å². The zero-order chi connectivity index (χ0) is 10.9. The van der Waals surface area contributed by atoms with Crippen molar-refractivity contribution in [1.82, 2.24) is 0 Å². The summed E-state index contributed by atoms with van der Waals surface area (Å²) in [6.07, 6.45) is 2.36. The first-order valence-corrected chi connectivity index (χ1v) is 4.97. The molecule has 82 valence electrons. The molecule has 1 aromatic carbocycles. The fourth-order valence-corrected chi connectivity index (χ4v) is 1.16. The van der Waals surface area contributed by atoms with Gasteiger partial charge in [0.1, 0.15) is 11.6 Å². The van der Waals surface area contributed by atoms with E-state index in [1.807, 2.05) is 30.3 Å². The maximum absolute atomic E-state index is 8.30. The van der Waals surface area contributed by atoms with Crippen LogP contribution in [-0.4, -0.2) is 17.6 Å². The minimum absolute atomic E-state index is 0.273. The van der Waals surface area contributed by atoms with E-state index in [1.54, 1.807) is 0 Å². The monoisotopic (exact) mass is 208 g/mol. The van der Waals surface area contributed by atoms with Crippen molar-refractivity contribution < 1.29 is 9.94 Å². The molecule has 1 rings (SSSR count). The molecule has 0 atom stereocenters. The summed E-state index contributed by atoms with van der Waals surface area (Å²) in [6.45, 7) is 0.655. The molecule has 0 radical (unpaired) electrons. The highest BCUT2D eigenvalue weighted by Gasteiger charge is 1.95. The quantitative estimate of drug-likeness (QED) is 0.247. The Hall–Kier alpha value is -1.71. The van der Waals surface area contributed by atoms with Crippen LogP contribution in [0.5, 0.6) is 5.75 Å². The fraction of sp³-hybridized carbons (Fsp3) is 0.364. The van der Waals surface area contributed by atoms with Gasteiger partial charge in [-0.05, 0) is 25.0 Å². The summed E-state index contributed by atoms with van der Waals surface area (Å²) in [6, 6.07) is 9.66. The highest BCUT2D eigenvalue weighted by molar-refractivity contribution is 5.79. The van der Waals surface area contributed by atoms with E-state index < -0.39 is 0 Å². The first kappa shape index (κ1) is 11.4. The lowest BCUT2D eigenvalue weighted by molar-refractivity contribution is 0.304. The van der Waals surface area contributed by atoms with Crippen LogP contribution in [0.2, 0.25) is 0 Å². The Balaban J connectivity index is 2.08. The molecular weight excluding hydrogens is 192 g/mol. The molecule has 1 aromatic rings. The molecule has 4 nitrogen and oxygen atoms in total. The van der Waals surface area contributed by atoms with Gasteiger partial charge >= 0.3 is 0 Å². The minimum atomic E-state index is 0.273. The molecule has 0 aliphatic rings. The maximum Gasteiger partial charge on any atom is 0.139 e. The van der Waals surface area contributed by atoms with Crippen LogP contribution in [0.1, 0.15) is 19.3 Å². The normalized spacial score (nSPS) is 11.3. The number of nitrogens with zero attached hydrogens (tertiary/aromatic N) is 1. The summed E-state index contributed by atoms with van der Waals surface area (Å²) in [7, 11) is 0. The van der Waals surface area contributed by atoms with Crippen LogP contribution in [0.15, 0.2) is 35.5 Å². The Morgan fingerprint density at radius 1 is 1.27 bits per heavy atom. The number of amidine groups is 1. The summed E-state index contributed by atoms with van der Waals surface area (Å²) >= 11 is 0. The fourth-order valence-electron chi connectivity index (χ4n) is 1.16. The van der Waals surface area contributed by atoms with Crippen LogP contribution in [0, 0.1) is 0 Å². The SMILES string of the molecule is NC(CCCCOc1ccccc1)=NO. The largest absolute Gasteiger partial charge is 0.494 e. The second-order valence-electron chi connectivity index (χ2n) is 3.21. The molecule has 0 saturated heterocycles. The lowest BCUT2D eigenvalue weighted by Gasteiger charge is -2.04. The highest BCUT2D eigenvalue weighted by Crippen LogP contribution is 2.09. The summed E-state index contributed by atoms with van der Waals surface area (Å²) < 4.78 is 5.48. The van der Waals surface area contributed by atoms with Gasteiger partial charge in [-0.2, -0.15) is 0 Å². The third kappa shape index (κ3) is 4.90. The van der Waals surface area contributed by atoms with Gasteiger partial charge in [-0.15, -0.1) is 0 Å². The molecule has 0 amide bonds. The Bertz CT molecular complexity index is 299. The van der Waals surface area contributed by atoms with E-state index in [4.69, 9.17) is 15.7 Å². The molecule has 0 aliphatic heterocycles. The van der Waals surface area contributed by atoms with Crippen molar-refractivity contribution in [3.8, 4) is 5.75 Å². The molecule has 0 aliphatic carbocycles. The molecule has 0 spiro atoms. The van der Waals surface area contributed by atoms with Gasteiger partial charge in [0, 0.05) is 6.42 Å². The summed E-state index contributed by atoms with van der Waals surface area (Å²) in [5, 5.41) is 11.2. The van der Waals surface area contributed by atoms with Crippen LogP contribution in [0.3, 0.4) is 0 Å². The van der Waals surface area contributed by atoms with Crippen molar-refractivity contribution in [2.45, 2.75) is 19.3 Å². The number of rotatable bonds is 6. The number of para-hydroxylation sites is 1. The molecule has 3 N–H and O–H groups in total. The maximum atomic E-state index is 8.30. The molecule has 0 aromatic heterocycles. The predicted molar refractivity (Wildman–Crippen MR) is 59.2 cm³/mol. The number of ether oxygens (including phenoxy) is 1. The number of nitrogens with two attached hydrogens (primary N) is 1. The van der Waals surface area contributed by atoms with E-state index >= 15 is 0 Å². The zero-order valence-electron chi connectivity index (χ0n) is 8.60. The van der Waals surface area contributed by atoms with Crippen LogP contribution in [-0.2, 0) is 0 Å². The molecule has 0 saturated carbocycles. The number of benzene rings is 1. The molecule has 0 bridgehead atoms. The van der Waals surface area contributed by atoms with E-state index in [-0.39, 0.29) is 5.84 Å². The standard InChI is InChI=1S/C11H16N2O2/c12-11(13-14)8-4-5-9-15-10-6-2-1-3-7-10/h1-3,6-7,14H,4-5,8-9H2,(H2,12,13). The molecule has 15 heavy (non-hydrogen) atoms. The van der Waals surface area contributed by atoms with E-state index in [2.05, 4.69) is 5.16 Å². The lowest BCUT2D eigenvalue weighted by Crippen LogP contribution is -2.11. The van der Waals surface area contributed by atoms with E-state index in [9.17, 15) is 0 Å². The first-order chi connectivity index (χ1) is 7.33. The van der Waals surface area contributed by atoms with Gasteiger partial charge in [-0.1, -0.05) is 23.4 Å². The molecule has 0 unspecified atom stereocenters. The molecular formula is C11H16N2O2. The van der Waals surface area contributed by atoms with Gasteiger partial charge < -0.3 is 15.7 Å². The van der Waals surface area contributed by atoms with Crippen molar-refractivity contribution in [3.05, 3.63) is 30.3 Å². The van der Waals surface area contributed by atoms with Gasteiger partial charge in [0.2, 0.25) is 0 Å². The summed E-state index contributed by atoms with van der Waals surface area (Å²) in [5.74, 6) is 1.15. The Morgan fingerprint density at radius 2 is 2.00 bits per heavy atom. The average Bonchev–Trinajstić information content (AvgIpc) is 2.29. The van der Waals surface area contributed by atoms with Gasteiger partial charge in [0.05, 0.1) is 6.61 Å². The molecule has 0 fully saturated rings. The zero-order valence-corrected chi connectivity index (χ0v) is 8.60. The smallest absolute Gasteiger partial charge is 0.139 e. The first-order valence-electron chi connectivity index (χ1n) is 4.97. The number of oxime groups is 1. The number of unbranched alkanes of at least 4 members (excludes halogenated alkanes) is 1. The van der Waals surface area contributed by atoms with Crippen LogP contribution >= 0.6 is 0 Å². The van der Waals surface area contributed by atoms with Gasteiger partial charge in [-0.3, -0.25) is 0 Å². The molecule has 0 heterocycles. The third-order valence-electron chi connectivity index (χ3n) is 1.97. The van der Waals surface area contributed by atoms with Crippen molar-refractivity contribution in [2.24, 2.45) is 10.9 Å². The highest BCUT2D eigenvalue weighted by atomic mass is 16.5. The van der Waals surface area contributed by atoms with Crippen LogP contribution in [0.4, 0.5) is 0 Å². The van der Waals surface area contributed by atoms with Gasteiger partial charge in [0.15, 0.2) is 0 Å². The van der Waals surface area contributed by atoms with Crippen molar-refractivity contribution in [1.29, 1.82) is 0 Å². The lowest BCUT2D eigenvalue weighted by atomic mass is 10.2. The van der Waals surface area contributed by atoms with Crippen molar-refractivity contribution in [2.75, 3.05) is 6.61 Å². The Kier molecular flexibility index (Phi) is 5.08. The number of hydrogen-bond donors (Lipinski definition) is 2. The topological polar surface area (TPSA) is 67.8 Å². The second kappa shape index (κ2) is 6.70. The Labute approximate surface area is 89.4 Å². The predicted octanol–water partition coefficient (Wildman–Crippen LogP) is 1.98.